The van der Waals surface area contributed by atoms with Gasteiger partial charge in [0.2, 0.25) is 0 Å². The zero-order chi connectivity index (χ0) is 13.5. The summed E-state index contributed by atoms with van der Waals surface area (Å²) in [6.45, 7) is 5.07. The van der Waals surface area contributed by atoms with Crippen LogP contribution in [0, 0.1) is 0 Å². The number of rotatable bonds is 4. The molecule has 3 heteroatoms. The lowest BCUT2D eigenvalue weighted by Crippen LogP contribution is -2.14. The normalized spacial score (nSPS) is 10.3. The van der Waals surface area contributed by atoms with Crippen LogP contribution in [0.5, 0.6) is 5.75 Å². The third-order valence-corrected chi connectivity index (χ3v) is 2.80. The van der Waals surface area contributed by atoms with Crippen LogP contribution in [-0.2, 0) is 6.42 Å². The molecule has 0 radical (unpaired) electrons. The van der Waals surface area contributed by atoms with Gasteiger partial charge in [-0.1, -0.05) is 13.8 Å². The Balaban J connectivity index is 0.000000771. The first-order valence-electron chi connectivity index (χ1n) is 6.49. The summed E-state index contributed by atoms with van der Waals surface area (Å²) in [4.78, 5) is 5.48. The van der Waals surface area contributed by atoms with Crippen molar-refractivity contribution in [3.63, 3.8) is 0 Å². The highest BCUT2D eigenvalue weighted by atomic mass is 16.5. The predicted molar refractivity (Wildman–Crippen MR) is 78.5 cm³/mol. The Kier molecular flexibility index (Phi) is 5.72. The molecule has 2 aromatic rings. The first-order valence-corrected chi connectivity index (χ1v) is 6.49. The summed E-state index contributed by atoms with van der Waals surface area (Å²) in [7, 11) is 5.88. The minimum Gasteiger partial charge on any atom is -0.497 e. The van der Waals surface area contributed by atoms with Crippen LogP contribution in [0.4, 0.5) is 0 Å². The average Bonchev–Trinajstić information content (AvgIpc) is 2.80. The molecule has 0 amide bonds. The molecule has 0 aliphatic heterocycles. The molecule has 1 aromatic heterocycles. The molecule has 1 heterocycles. The summed E-state index contributed by atoms with van der Waals surface area (Å²) in [5.74, 6) is 0.897. The van der Waals surface area contributed by atoms with Crippen LogP contribution in [0.25, 0.3) is 10.9 Å². The van der Waals surface area contributed by atoms with Crippen molar-refractivity contribution in [2.24, 2.45) is 0 Å². The van der Waals surface area contributed by atoms with Crippen molar-refractivity contribution in [1.82, 2.24) is 9.88 Å². The highest BCUT2D eigenvalue weighted by molar-refractivity contribution is 5.84. The van der Waals surface area contributed by atoms with E-state index in [0.29, 0.717) is 0 Å². The highest BCUT2D eigenvalue weighted by Gasteiger charge is 2.04. The fourth-order valence-electron chi connectivity index (χ4n) is 1.84. The Morgan fingerprint density at radius 2 is 1.94 bits per heavy atom. The average molecular weight is 248 g/mol. The van der Waals surface area contributed by atoms with Crippen LogP contribution in [0.2, 0.25) is 0 Å². The van der Waals surface area contributed by atoms with Gasteiger partial charge in [0.05, 0.1) is 7.11 Å². The van der Waals surface area contributed by atoms with E-state index in [2.05, 4.69) is 36.2 Å². The van der Waals surface area contributed by atoms with Crippen molar-refractivity contribution in [1.29, 1.82) is 0 Å². The second-order valence-electron chi connectivity index (χ2n) is 4.28. The van der Waals surface area contributed by atoms with Crippen molar-refractivity contribution < 1.29 is 4.74 Å². The van der Waals surface area contributed by atoms with E-state index in [1.165, 1.54) is 10.9 Å². The van der Waals surface area contributed by atoms with E-state index in [1.54, 1.807) is 7.11 Å². The topological polar surface area (TPSA) is 28.3 Å². The molecule has 0 aliphatic carbocycles. The first-order chi connectivity index (χ1) is 8.70. The molecule has 1 N–H and O–H groups in total. The smallest absolute Gasteiger partial charge is 0.120 e. The van der Waals surface area contributed by atoms with Gasteiger partial charge in [-0.2, -0.15) is 0 Å². The Morgan fingerprint density at radius 1 is 1.22 bits per heavy atom. The number of aromatic amines is 1. The zero-order valence-corrected chi connectivity index (χ0v) is 12.1. The minimum absolute atomic E-state index is 0.897. The summed E-state index contributed by atoms with van der Waals surface area (Å²) in [5.41, 5.74) is 2.51. The maximum absolute atomic E-state index is 5.20. The standard InChI is InChI=1S/C13H18N2O.C2H6/c1-15(2)7-6-10-9-14-13-8-11(16-3)4-5-12(10)13;1-2/h4-5,8-9,14H,6-7H2,1-3H3;1-2H3. The minimum atomic E-state index is 0.897. The number of H-pyrrole nitrogens is 1. The second-order valence-corrected chi connectivity index (χ2v) is 4.28. The summed E-state index contributed by atoms with van der Waals surface area (Å²) in [6, 6.07) is 6.17. The molecule has 3 nitrogen and oxygen atoms in total. The number of hydrogen-bond donors (Lipinski definition) is 1. The van der Waals surface area contributed by atoms with Crippen molar-refractivity contribution in [2.45, 2.75) is 20.3 Å². The molecule has 0 atom stereocenters. The molecule has 0 saturated heterocycles. The molecule has 0 fully saturated rings. The molecule has 0 saturated carbocycles. The Hall–Kier alpha value is -1.48. The number of ether oxygens (including phenoxy) is 1. The number of likely N-dealkylation sites (N-methyl/N-ethyl adjacent to an activating group) is 1. The van der Waals surface area contributed by atoms with Gasteiger partial charge >= 0.3 is 0 Å². The van der Waals surface area contributed by atoms with Gasteiger partial charge in [0, 0.05) is 29.7 Å². The van der Waals surface area contributed by atoms with Gasteiger partial charge in [-0.25, -0.2) is 0 Å². The highest BCUT2D eigenvalue weighted by Crippen LogP contribution is 2.23. The first kappa shape index (κ1) is 14.6. The van der Waals surface area contributed by atoms with Crippen molar-refractivity contribution >= 4 is 10.9 Å². The number of fused-ring (bicyclic) bond motifs is 1. The number of nitrogens with one attached hydrogen (secondary N) is 1. The van der Waals surface area contributed by atoms with Crippen LogP contribution >= 0.6 is 0 Å². The van der Waals surface area contributed by atoms with Crippen molar-refractivity contribution in [2.75, 3.05) is 27.7 Å². The van der Waals surface area contributed by atoms with Gasteiger partial charge in [0.15, 0.2) is 0 Å². The molecule has 0 bridgehead atoms. The predicted octanol–water partition coefficient (Wildman–Crippen LogP) is 3.31. The number of methoxy groups -OCH3 is 1. The molecule has 100 valence electrons. The molecular formula is C15H24N2O. The van der Waals surface area contributed by atoms with Crippen molar-refractivity contribution in [3.05, 3.63) is 30.0 Å². The van der Waals surface area contributed by atoms with Crippen LogP contribution in [-0.4, -0.2) is 37.6 Å². The second kappa shape index (κ2) is 7.07. The van der Waals surface area contributed by atoms with E-state index in [-0.39, 0.29) is 0 Å². The lowest BCUT2D eigenvalue weighted by Gasteiger charge is -2.08. The lowest BCUT2D eigenvalue weighted by atomic mass is 10.1. The molecule has 0 spiro atoms. The van der Waals surface area contributed by atoms with Gasteiger partial charge in [-0.05, 0) is 38.2 Å². The fraction of sp³-hybridized carbons (Fsp3) is 0.467. The molecule has 18 heavy (non-hydrogen) atoms. The monoisotopic (exact) mass is 248 g/mol. The van der Waals surface area contributed by atoms with E-state index >= 15 is 0 Å². The maximum atomic E-state index is 5.20. The Labute approximate surface area is 110 Å². The third kappa shape index (κ3) is 3.50. The third-order valence-electron chi connectivity index (χ3n) is 2.80. The molecule has 2 rings (SSSR count). The van der Waals surface area contributed by atoms with E-state index in [9.17, 15) is 0 Å². The number of benzene rings is 1. The Morgan fingerprint density at radius 3 is 2.56 bits per heavy atom. The number of aromatic nitrogens is 1. The van der Waals surface area contributed by atoms with Crippen LogP contribution < -0.4 is 4.74 Å². The Bertz CT molecular complexity index is 474. The summed E-state index contributed by atoms with van der Waals surface area (Å²) >= 11 is 0. The molecule has 0 unspecified atom stereocenters. The SMILES string of the molecule is CC.COc1ccc2c(CCN(C)C)c[nH]c2c1. The maximum Gasteiger partial charge on any atom is 0.120 e. The van der Waals surface area contributed by atoms with E-state index in [4.69, 9.17) is 4.74 Å². The fourth-order valence-corrected chi connectivity index (χ4v) is 1.84. The quantitative estimate of drug-likeness (QED) is 0.899. The van der Waals surface area contributed by atoms with Crippen molar-refractivity contribution in [3.8, 4) is 5.75 Å². The molecule has 0 aliphatic rings. The van der Waals surface area contributed by atoms with E-state index < -0.39 is 0 Å². The van der Waals surface area contributed by atoms with E-state index in [1.807, 2.05) is 26.0 Å². The molecular weight excluding hydrogens is 224 g/mol. The van der Waals surface area contributed by atoms with Crippen LogP contribution in [0.3, 0.4) is 0 Å². The largest absolute Gasteiger partial charge is 0.497 e. The van der Waals surface area contributed by atoms with E-state index in [0.717, 1.165) is 24.2 Å². The lowest BCUT2D eigenvalue weighted by molar-refractivity contribution is 0.414. The molecule has 1 aromatic carbocycles. The van der Waals surface area contributed by atoms with Crippen LogP contribution in [0.1, 0.15) is 19.4 Å². The van der Waals surface area contributed by atoms with Gasteiger partial charge in [0.1, 0.15) is 5.75 Å². The number of nitrogens with zero attached hydrogens (tertiary/aromatic N) is 1. The summed E-state index contributed by atoms with van der Waals surface area (Å²) in [5, 5.41) is 1.29. The van der Waals surface area contributed by atoms with Crippen LogP contribution in [0.15, 0.2) is 24.4 Å². The number of hydrogen-bond acceptors (Lipinski definition) is 2. The summed E-state index contributed by atoms with van der Waals surface area (Å²) in [6.07, 6.45) is 3.16. The van der Waals surface area contributed by atoms with Gasteiger partial charge in [0.25, 0.3) is 0 Å². The van der Waals surface area contributed by atoms with Gasteiger partial charge in [-0.3, -0.25) is 0 Å². The summed E-state index contributed by atoms with van der Waals surface area (Å²) < 4.78 is 5.20. The van der Waals surface area contributed by atoms with Gasteiger partial charge < -0.3 is 14.6 Å². The zero-order valence-electron chi connectivity index (χ0n) is 12.1. The van der Waals surface area contributed by atoms with Gasteiger partial charge in [-0.15, -0.1) is 0 Å².